The lowest BCUT2D eigenvalue weighted by atomic mass is 10.6. The lowest BCUT2D eigenvalue weighted by molar-refractivity contribution is 0.172. The average molecular weight is 241 g/mol. The molecule has 0 spiro atoms. The van der Waals surface area contributed by atoms with Gasteiger partial charge >= 0.3 is 0 Å². The lowest BCUT2D eigenvalue weighted by Crippen LogP contribution is -2.01. The maximum Gasteiger partial charge on any atom is 0.180 e. The Morgan fingerprint density at radius 2 is 2.12 bits per heavy atom. The van der Waals surface area contributed by atoms with Crippen molar-refractivity contribution < 1.29 is 13.4 Å². The van der Waals surface area contributed by atoms with Crippen LogP contribution in [0.2, 0.25) is 0 Å². The van der Waals surface area contributed by atoms with Gasteiger partial charge in [-0.2, -0.15) is 0 Å². The lowest BCUT2D eigenvalue weighted by Gasteiger charge is -1.97. The molecule has 0 fully saturated rings. The normalized spacial score (nSPS) is 14.0. The Bertz CT molecular complexity index is 290. The fourth-order valence-electron chi connectivity index (χ4n) is 0.573. The van der Waals surface area contributed by atoms with Crippen LogP contribution in [0.5, 0.6) is 0 Å². The number of nitrogens with zero attached hydrogens (tertiary/aromatic N) is 1. The van der Waals surface area contributed by atoms with Crippen LogP contribution in [0.4, 0.5) is 0 Å². The topological polar surface area (TPSA) is 68.5 Å². The minimum Gasteiger partial charge on any atom is -0.452 e. The zero-order chi connectivity index (χ0) is 11.3. The smallest absolute Gasteiger partial charge is 0.180 e. The van der Waals surface area contributed by atoms with Crippen LogP contribution >= 0.6 is 12.2 Å². The monoisotopic (exact) mass is 241 g/mol. The van der Waals surface area contributed by atoms with E-state index in [9.17, 15) is 0 Å². The highest BCUT2D eigenvalue weighted by Crippen LogP contribution is 2.01. The first kappa shape index (κ1) is 12.1. The number of hydroxylamine groups is 1. The van der Waals surface area contributed by atoms with Crippen molar-refractivity contribution in [2.75, 3.05) is 0 Å². The molecule has 0 amide bonds. The largest absolute Gasteiger partial charge is 0.452 e. The van der Waals surface area contributed by atoms with Crippen molar-refractivity contribution in [3.63, 3.8) is 0 Å². The first-order valence-corrected chi connectivity index (χ1v) is 5.02. The van der Waals surface area contributed by atoms with E-state index in [1.807, 2.05) is 6.08 Å². The molecule has 2 aliphatic rings. The average Bonchev–Trinajstić information content (AvgIpc) is 3.10. The van der Waals surface area contributed by atoms with Crippen LogP contribution in [0.15, 0.2) is 60.3 Å². The summed E-state index contributed by atoms with van der Waals surface area (Å²) < 4.78 is 11.8. The minimum atomic E-state index is 1.21. The maximum atomic E-state index is 4.57. The molecule has 0 aromatic carbocycles. The predicted molar refractivity (Wildman–Crippen MR) is 60.0 cm³/mol. The Hall–Kier alpha value is -2.02. The van der Waals surface area contributed by atoms with Gasteiger partial charge in [0.05, 0.1) is 6.20 Å². The van der Waals surface area contributed by atoms with Crippen molar-refractivity contribution >= 4 is 12.2 Å². The van der Waals surface area contributed by atoms with Crippen LogP contribution in [0.25, 0.3) is 0 Å². The van der Waals surface area contributed by atoms with Crippen LogP contribution in [0, 0.1) is 0 Å². The Labute approximate surface area is 97.3 Å². The van der Waals surface area contributed by atoms with E-state index in [0.29, 0.717) is 0 Å². The van der Waals surface area contributed by atoms with Crippen LogP contribution in [-0.4, -0.2) is 4.98 Å². The van der Waals surface area contributed by atoms with Crippen molar-refractivity contribution in [2.45, 2.75) is 0 Å². The first-order chi connectivity index (χ1) is 8.00. The molecule has 0 saturated carbocycles. The van der Waals surface area contributed by atoms with Crippen molar-refractivity contribution in [2.24, 2.45) is 0 Å². The zero-order valence-corrected chi connectivity index (χ0v) is 9.09. The molecule has 1 aromatic heterocycles. The number of allylic oxidation sites excluding steroid dienone is 2. The summed E-state index contributed by atoms with van der Waals surface area (Å²) in [7, 11) is 0. The number of aromatic nitrogens is 1. The molecule has 0 radical (unpaired) electrons. The van der Waals surface area contributed by atoms with Gasteiger partial charge in [0.15, 0.2) is 18.6 Å². The number of oxazole rings is 1. The second kappa shape index (κ2) is 9.53. The summed E-state index contributed by atoms with van der Waals surface area (Å²) in [5.41, 5.74) is 2.52. The van der Waals surface area contributed by atoms with Crippen LogP contribution in [0.3, 0.4) is 0 Å². The molecule has 2 aliphatic heterocycles. The van der Waals surface area contributed by atoms with Gasteiger partial charge in [0.25, 0.3) is 0 Å². The van der Waals surface area contributed by atoms with Crippen LogP contribution in [-0.2, 0) is 9.02 Å². The number of rotatable bonds is 0. The van der Waals surface area contributed by atoms with E-state index in [2.05, 4.69) is 28.6 Å². The molecule has 16 heavy (non-hydrogen) atoms. The summed E-state index contributed by atoms with van der Waals surface area (Å²) in [5, 5.41) is 0. The van der Waals surface area contributed by atoms with Gasteiger partial charge in [-0.05, 0) is 12.2 Å². The Morgan fingerprint density at radius 1 is 1.12 bits per heavy atom. The highest BCUT2D eigenvalue weighted by Gasteiger charge is 1.83. The van der Waals surface area contributed by atoms with Gasteiger partial charge in [0.1, 0.15) is 18.8 Å². The molecule has 0 aliphatic carbocycles. The van der Waals surface area contributed by atoms with Gasteiger partial charge in [-0.25, -0.2) is 10.5 Å². The Balaban J connectivity index is 0.000000121. The quantitative estimate of drug-likeness (QED) is 0.530. The van der Waals surface area contributed by atoms with Crippen LogP contribution in [0.1, 0.15) is 0 Å². The fraction of sp³-hybridized carbons (Fsp3) is 0. The Morgan fingerprint density at radius 3 is 2.31 bits per heavy atom. The maximum absolute atomic E-state index is 4.57. The Kier molecular flexibility index (Phi) is 7.18. The SMILES string of the molecule is C1=CNOC=C1.C1=COSN1.c1cocn1. The number of hydrogen-bond acceptors (Lipinski definition) is 7. The second-order valence-electron chi connectivity index (χ2n) is 2.20. The highest BCUT2D eigenvalue weighted by molar-refractivity contribution is 7.93. The van der Waals surface area contributed by atoms with E-state index in [0.717, 1.165) is 0 Å². The van der Waals surface area contributed by atoms with Gasteiger partial charge in [-0.15, -0.1) is 0 Å². The van der Waals surface area contributed by atoms with E-state index in [1.165, 1.54) is 24.9 Å². The molecule has 0 unspecified atom stereocenters. The number of nitrogens with one attached hydrogen (secondary N) is 2. The minimum absolute atomic E-state index is 1.21. The molecule has 0 saturated heterocycles. The second-order valence-corrected chi connectivity index (χ2v) is 2.79. The van der Waals surface area contributed by atoms with Crippen molar-refractivity contribution in [3.05, 3.63) is 55.9 Å². The zero-order valence-electron chi connectivity index (χ0n) is 8.28. The van der Waals surface area contributed by atoms with Gasteiger partial charge in [0, 0.05) is 12.4 Å². The highest BCUT2D eigenvalue weighted by atomic mass is 32.2. The summed E-state index contributed by atoms with van der Waals surface area (Å²) >= 11 is 1.21. The molecule has 6 nitrogen and oxygen atoms in total. The van der Waals surface area contributed by atoms with E-state index in [-0.39, 0.29) is 0 Å². The molecule has 3 rings (SSSR count). The predicted octanol–water partition coefficient (Wildman–Crippen LogP) is 1.86. The van der Waals surface area contributed by atoms with Crippen molar-refractivity contribution in [1.82, 2.24) is 15.2 Å². The molecule has 2 N–H and O–H groups in total. The van der Waals surface area contributed by atoms with E-state index < -0.39 is 0 Å². The molecule has 7 heteroatoms. The molecular formula is C9H11N3O3S. The van der Waals surface area contributed by atoms with Gasteiger partial charge < -0.3 is 18.2 Å². The third-order valence-electron chi connectivity index (χ3n) is 1.13. The molecule has 1 aromatic rings. The fourth-order valence-corrected chi connectivity index (χ4v) is 0.850. The molecular weight excluding hydrogens is 230 g/mol. The van der Waals surface area contributed by atoms with E-state index in [1.54, 1.807) is 37.2 Å². The summed E-state index contributed by atoms with van der Waals surface area (Å²) in [6, 6.07) is 0. The van der Waals surface area contributed by atoms with E-state index in [4.69, 9.17) is 0 Å². The standard InChI is InChI=1S/C4H5NO.C3H3NO.C2H3NOS/c1-2-4-6-5-3-1;1-2-5-3-4-1;1-2-4-5-3-1/h1-5H;2*1-3H. The molecule has 0 bridgehead atoms. The van der Waals surface area contributed by atoms with E-state index >= 15 is 0 Å². The third kappa shape index (κ3) is 7.39. The summed E-state index contributed by atoms with van der Waals surface area (Å²) in [4.78, 5) is 8.11. The van der Waals surface area contributed by atoms with Gasteiger partial charge in [-0.3, -0.25) is 0 Å². The van der Waals surface area contributed by atoms with Crippen molar-refractivity contribution in [1.29, 1.82) is 0 Å². The summed E-state index contributed by atoms with van der Waals surface area (Å²) in [6.45, 7) is 0. The molecule has 86 valence electrons. The third-order valence-corrected chi connectivity index (χ3v) is 1.56. The summed E-state index contributed by atoms with van der Waals surface area (Å²) in [5.74, 6) is 0. The summed E-state index contributed by atoms with van der Waals surface area (Å²) in [6.07, 6.45) is 14.7. The number of hydrogen-bond donors (Lipinski definition) is 2. The van der Waals surface area contributed by atoms with Crippen LogP contribution < -0.4 is 10.2 Å². The van der Waals surface area contributed by atoms with Crippen molar-refractivity contribution in [3.8, 4) is 0 Å². The first-order valence-electron chi connectivity index (χ1n) is 4.28. The molecule has 3 heterocycles. The van der Waals surface area contributed by atoms with Gasteiger partial charge in [-0.1, -0.05) is 0 Å². The molecule has 0 atom stereocenters. The van der Waals surface area contributed by atoms with Gasteiger partial charge in [0.2, 0.25) is 0 Å².